The topological polar surface area (TPSA) is 27.1 Å². The fraction of sp³-hybridized carbons (Fsp3) is 0.500. The van der Waals surface area contributed by atoms with Crippen molar-refractivity contribution in [2.24, 2.45) is 0 Å². The van der Waals surface area contributed by atoms with Gasteiger partial charge in [-0.2, -0.15) is 11.8 Å². The van der Waals surface area contributed by atoms with Crippen molar-refractivity contribution in [1.82, 2.24) is 9.55 Å². The lowest BCUT2D eigenvalue weighted by Gasteiger charge is -2.15. The van der Waals surface area contributed by atoms with Crippen LogP contribution in [0.5, 0.6) is 5.75 Å². The largest absolute Gasteiger partial charge is 0.497 e. The molecule has 102 valence electrons. The number of ether oxygens (including phenoxy) is 1. The summed E-state index contributed by atoms with van der Waals surface area (Å²) in [7, 11) is 1.69. The van der Waals surface area contributed by atoms with Crippen molar-refractivity contribution in [2.75, 3.05) is 13.4 Å². The van der Waals surface area contributed by atoms with Crippen LogP contribution in [-0.2, 0) is 12.4 Å². The minimum absolute atomic E-state index is 0.386. The Labute approximate surface area is 122 Å². The standard InChI is InChI=1S/C14H17ClN2OS/c1-18-10-3-4-11-12(7-10)17(13(8-15)16-11)9-14(19-2)5-6-14/h3-4,7H,5-6,8-9H2,1-2H3. The molecule has 2 aromatic rings. The Hall–Kier alpha value is -0.870. The minimum Gasteiger partial charge on any atom is -0.497 e. The summed E-state index contributed by atoms with van der Waals surface area (Å²) in [5, 5.41) is 0. The highest BCUT2D eigenvalue weighted by Gasteiger charge is 2.42. The van der Waals surface area contributed by atoms with E-state index in [0.717, 1.165) is 29.2 Å². The maximum atomic E-state index is 6.05. The Bertz CT molecular complexity index is 607. The van der Waals surface area contributed by atoms with Crippen LogP contribution in [-0.4, -0.2) is 27.7 Å². The molecule has 1 aromatic heterocycles. The molecule has 1 aromatic carbocycles. The Morgan fingerprint density at radius 2 is 2.26 bits per heavy atom. The highest BCUT2D eigenvalue weighted by atomic mass is 35.5. The number of aromatic nitrogens is 2. The first kappa shape index (κ1) is 13.1. The van der Waals surface area contributed by atoms with Crippen LogP contribution in [0.15, 0.2) is 18.2 Å². The first-order valence-electron chi connectivity index (χ1n) is 6.35. The summed E-state index contributed by atoms with van der Waals surface area (Å²) in [6.07, 6.45) is 4.74. The molecule has 0 bridgehead atoms. The van der Waals surface area contributed by atoms with Crippen LogP contribution >= 0.6 is 23.4 Å². The molecule has 0 amide bonds. The van der Waals surface area contributed by atoms with Crippen LogP contribution in [0.1, 0.15) is 18.7 Å². The SMILES string of the molecule is COc1ccc2nc(CCl)n(CC3(SC)CC3)c2c1. The molecule has 0 aliphatic heterocycles. The molecular weight excluding hydrogens is 280 g/mol. The second kappa shape index (κ2) is 4.91. The lowest BCUT2D eigenvalue weighted by molar-refractivity contribution is 0.415. The molecule has 0 radical (unpaired) electrons. The van der Waals surface area contributed by atoms with E-state index in [0.29, 0.717) is 10.6 Å². The van der Waals surface area contributed by atoms with Gasteiger partial charge in [0, 0.05) is 17.4 Å². The van der Waals surface area contributed by atoms with Crippen molar-refractivity contribution in [3.8, 4) is 5.75 Å². The van der Waals surface area contributed by atoms with Crippen molar-refractivity contribution in [2.45, 2.75) is 30.0 Å². The van der Waals surface area contributed by atoms with Crippen molar-refractivity contribution in [1.29, 1.82) is 0 Å². The first-order valence-corrected chi connectivity index (χ1v) is 8.11. The molecule has 1 fully saturated rings. The monoisotopic (exact) mass is 296 g/mol. The zero-order chi connectivity index (χ0) is 13.5. The summed E-state index contributed by atoms with van der Waals surface area (Å²) < 4.78 is 7.96. The molecule has 19 heavy (non-hydrogen) atoms. The molecule has 0 unspecified atom stereocenters. The zero-order valence-corrected chi connectivity index (χ0v) is 12.7. The first-order chi connectivity index (χ1) is 9.21. The number of benzene rings is 1. The third-order valence-electron chi connectivity index (χ3n) is 3.84. The van der Waals surface area contributed by atoms with Gasteiger partial charge in [0.05, 0.1) is 24.0 Å². The van der Waals surface area contributed by atoms with Gasteiger partial charge in [0.25, 0.3) is 0 Å². The van der Waals surface area contributed by atoms with Crippen molar-refractivity contribution < 1.29 is 4.74 Å². The van der Waals surface area contributed by atoms with Crippen LogP contribution in [0, 0.1) is 0 Å². The Morgan fingerprint density at radius 1 is 1.47 bits per heavy atom. The maximum Gasteiger partial charge on any atom is 0.124 e. The normalized spacial score (nSPS) is 16.8. The molecule has 0 spiro atoms. The van der Waals surface area contributed by atoms with Gasteiger partial charge in [-0.15, -0.1) is 11.6 Å². The van der Waals surface area contributed by atoms with Crippen molar-refractivity contribution in [3.05, 3.63) is 24.0 Å². The number of hydrogen-bond donors (Lipinski definition) is 0. The third kappa shape index (κ3) is 2.32. The number of imidazole rings is 1. The Balaban J connectivity index is 2.08. The molecule has 0 saturated heterocycles. The zero-order valence-electron chi connectivity index (χ0n) is 11.1. The molecule has 3 rings (SSSR count). The number of fused-ring (bicyclic) bond motifs is 1. The number of thioether (sulfide) groups is 1. The third-order valence-corrected chi connectivity index (χ3v) is 5.48. The Morgan fingerprint density at radius 3 is 2.84 bits per heavy atom. The van der Waals surface area contributed by atoms with Gasteiger partial charge in [-0.1, -0.05) is 0 Å². The summed E-state index contributed by atoms with van der Waals surface area (Å²) in [5.41, 5.74) is 2.11. The molecule has 1 aliphatic carbocycles. The van der Waals surface area contributed by atoms with E-state index < -0.39 is 0 Å². The van der Waals surface area contributed by atoms with Crippen molar-refractivity contribution in [3.63, 3.8) is 0 Å². The fourth-order valence-electron chi connectivity index (χ4n) is 2.41. The quantitative estimate of drug-likeness (QED) is 0.788. The van der Waals surface area contributed by atoms with Gasteiger partial charge >= 0.3 is 0 Å². The van der Waals surface area contributed by atoms with E-state index in [9.17, 15) is 0 Å². The smallest absolute Gasteiger partial charge is 0.124 e. The summed E-state index contributed by atoms with van der Waals surface area (Å²) >= 11 is 8.00. The molecule has 1 aliphatic rings. The van der Waals surface area contributed by atoms with E-state index in [4.69, 9.17) is 16.3 Å². The number of alkyl halides is 1. The molecule has 1 saturated carbocycles. The minimum atomic E-state index is 0.386. The van der Waals surface area contributed by atoms with Gasteiger partial charge in [-0.25, -0.2) is 4.98 Å². The molecule has 0 atom stereocenters. The molecule has 3 nitrogen and oxygen atoms in total. The Kier molecular flexibility index (Phi) is 3.39. The lowest BCUT2D eigenvalue weighted by Crippen LogP contribution is -2.15. The molecular formula is C14H17ClN2OS. The average Bonchev–Trinajstić information content (AvgIpc) is 3.15. The molecule has 1 heterocycles. The van der Waals surface area contributed by atoms with Gasteiger partial charge < -0.3 is 9.30 Å². The van der Waals surface area contributed by atoms with Gasteiger partial charge in [-0.05, 0) is 31.2 Å². The van der Waals surface area contributed by atoms with E-state index >= 15 is 0 Å². The van der Waals surface area contributed by atoms with Gasteiger partial charge in [0.15, 0.2) is 0 Å². The summed E-state index contributed by atoms with van der Waals surface area (Å²) in [5.74, 6) is 2.26. The van der Waals surface area contributed by atoms with Gasteiger partial charge in [-0.3, -0.25) is 0 Å². The predicted molar refractivity (Wildman–Crippen MR) is 81.3 cm³/mol. The number of hydrogen-bond acceptors (Lipinski definition) is 3. The molecule has 0 N–H and O–H groups in total. The van der Waals surface area contributed by atoms with Crippen LogP contribution in [0.4, 0.5) is 0 Å². The maximum absolute atomic E-state index is 6.05. The van der Waals surface area contributed by atoms with E-state index in [1.165, 1.54) is 12.8 Å². The lowest BCUT2D eigenvalue weighted by atomic mass is 10.3. The average molecular weight is 297 g/mol. The van der Waals surface area contributed by atoms with E-state index in [2.05, 4.69) is 21.9 Å². The summed E-state index contributed by atoms with van der Waals surface area (Å²) in [6, 6.07) is 5.99. The number of nitrogens with zero attached hydrogens (tertiary/aromatic N) is 2. The highest BCUT2D eigenvalue weighted by Crippen LogP contribution is 2.49. The van der Waals surface area contributed by atoms with E-state index in [1.54, 1.807) is 7.11 Å². The highest BCUT2D eigenvalue weighted by molar-refractivity contribution is 8.00. The summed E-state index contributed by atoms with van der Waals surface area (Å²) in [6.45, 7) is 0.986. The van der Waals surface area contributed by atoms with Gasteiger partial charge in [0.1, 0.15) is 11.6 Å². The van der Waals surface area contributed by atoms with Crippen LogP contribution in [0.25, 0.3) is 11.0 Å². The van der Waals surface area contributed by atoms with E-state index in [-0.39, 0.29) is 0 Å². The molecule has 5 heteroatoms. The van der Waals surface area contributed by atoms with Crippen LogP contribution in [0.2, 0.25) is 0 Å². The number of rotatable bonds is 5. The second-order valence-corrected chi connectivity index (χ2v) is 6.53. The predicted octanol–water partition coefficient (Wildman–Crippen LogP) is 3.68. The van der Waals surface area contributed by atoms with Gasteiger partial charge in [0.2, 0.25) is 0 Å². The fourth-order valence-corrected chi connectivity index (χ4v) is 3.38. The number of methoxy groups -OCH3 is 1. The van der Waals surface area contributed by atoms with Crippen molar-refractivity contribution >= 4 is 34.4 Å². The second-order valence-electron chi connectivity index (χ2n) is 4.99. The number of halogens is 1. The summed E-state index contributed by atoms with van der Waals surface area (Å²) in [4.78, 5) is 4.62. The van der Waals surface area contributed by atoms with Crippen LogP contribution < -0.4 is 4.74 Å². The van der Waals surface area contributed by atoms with E-state index in [1.807, 2.05) is 23.9 Å². The van der Waals surface area contributed by atoms with Crippen LogP contribution in [0.3, 0.4) is 0 Å².